The standard InChI is InChI=1S/C29H46O2/c1-20-16-27(14-9-21(17-27)10-15-28(30)11-5-4-6-12-28)25-29(31-25)13-7-8-22(18-29)24-23(20)19-26(24,2)3/h21-25,30H,1,4-19H2,2-3H3/t21-,22-,23+,24+,25-,27-,29+/m0/s1. The van der Waals surface area contributed by atoms with Crippen molar-refractivity contribution in [2.24, 2.45) is 34.5 Å². The topological polar surface area (TPSA) is 32.8 Å². The molecule has 6 fully saturated rings. The molecule has 1 heterocycles. The zero-order valence-corrected chi connectivity index (χ0v) is 20.3. The van der Waals surface area contributed by atoms with Crippen LogP contribution in [0.1, 0.15) is 117 Å². The van der Waals surface area contributed by atoms with Gasteiger partial charge < -0.3 is 9.84 Å². The van der Waals surface area contributed by atoms with Crippen LogP contribution < -0.4 is 0 Å². The summed E-state index contributed by atoms with van der Waals surface area (Å²) < 4.78 is 6.79. The molecular formula is C29H46O2. The molecule has 2 spiro atoms. The lowest BCUT2D eigenvalue weighted by atomic mass is 9.48. The van der Waals surface area contributed by atoms with Crippen LogP contribution in [0.4, 0.5) is 0 Å². The molecule has 7 atom stereocenters. The summed E-state index contributed by atoms with van der Waals surface area (Å²) >= 11 is 0. The highest BCUT2D eigenvalue weighted by atomic mass is 16.6. The summed E-state index contributed by atoms with van der Waals surface area (Å²) in [5.74, 6) is 3.26. The van der Waals surface area contributed by atoms with E-state index in [9.17, 15) is 5.11 Å². The molecule has 31 heavy (non-hydrogen) atoms. The Kier molecular flexibility index (Phi) is 4.84. The van der Waals surface area contributed by atoms with Gasteiger partial charge in [-0.05, 0) is 106 Å². The molecule has 0 aromatic heterocycles. The summed E-state index contributed by atoms with van der Waals surface area (Å²) in [7, 11) is 0. The van der Waals surface area contributed by atoms with Gasteiger partial charge >= 0.3 is 0 Å². The van der Waals surface area contributed by atoms with Crippen molar-refractivity contribution in [2.45, 2.75) is 134 Å². The van der Waals surface area contributed by atoms with Gasteiger partial charge in [-0.15, -0.1) is 0 Å². The van der Waals surface area contributed by atoms with E-state index in [1.54, 1.807) is 5.57 Å². The Bertz CT molecular complexity index is 733. The van der Waals surface area contributed by atoms with Crippen LogP contribution >= 0.6 is 0 Å². The van der Waals surface area contributed by atoms with Gasteiger partial charge in [0.25, 0.3) is 0 Å². The van der Waals surface area contributed by atoms with E-state index in [2.05, 4.69) is 13.8 Å². The van der Waals surface area contributed by atoms with Crippen molar-refractivity contribution in [3.63, 3.8) is 0 Å². The number of fused-ring (bicyclic) bond motifs is 4. The maximum atomic E-state index is 11.1. The molecule has 2 heteroatoms. The van der Waals surface area contributed by atoms with Gasteiger partial charge in [-0.2, -0.15) is 0 Å². The lowest BCUT2D eigenvalue weighted by Gasteiger charge is -2.57. The highest BCUT2D eigenvalue weighted by molar-refractivity contribution is 5.25. The van der Waals surface area contributed by atoms with Crippen molar-refractivity contribution in [3.8, 4) is 0 Å². The number of rotatable bonds is 3. The first-order chi connectivity index (χ1) is 14.7. The quantitative estimate of drug-likeness (QED) is 0.382. The molecule has 5 aliphatic carbocycles. The molecule has 5 saturated carbocycles. The minimum atomic E-state index is -0.353. The fourth-order valence-electron chi connectivity index (χ4n) is 9.95. The Labute approximate surface area is 190 Å². The predicted molar refractivity (Wildman–Crippen MR) is 126 cm³/mol. The lowest BCUT2D eigenvalue weighted by Crippen LogP contribution is -2.50. The van der Waals surface area contributed by atoms with Crippen LogP contribution in [0.3, 0.4) is 0 Å². The third-order valence-electron chi connectivity index (χ3n) is 11.4. The number of aliphatic hydroxyl groups is 1. The lowest BCUT2D eigenvalue weighted by molar-refractivity contribution is -0.0568. The molecule has 2 bridgehead atoms. The zero-order valence-electron chi connectivity index (χ0n) is 20.3. The van der Waals surface area contributed by atoms with Crippen LogP contribution in [-0.4, -0.2) is 22.4 Å². The second kappa shape index (κ2) is 7.08. The van der Waals surface area contributed by atoms with Gasteiger partial charge in [-0.3, -0.25) is 0 Å². The summed E-state index contributed by atoms with van der Waals surface area (Å²) in [6.45, 7) is 9.78. The Morgan fingerprint density at radius 1 is 0.968 bits per heavy atom. The second-order valence-electron chi connectivity index (χ2n) is 13.9. The normalized spacial score (nSPS) is 49.9. The van der Waals surface area contributed by atoms with Crippen molar-refractivity contribution in [1.82, 2.24) is 0 Å². The summed E-state index contributed by atoms with van der Waals surface area (Å²) in [5, 5.41) is 11.1. The third kappa shape index (κ3) is 3.40. The van der Waals surface area contributed by atoms with E-state index >= 15 is 0 Å². The molecule has 174 valence electrons. The molecule has 0 aromatic rings. The van der Waals surface area contributed by atoms with Gasteiger partial charge in [0.1, 0.15) is 0 Å². The molecule has 0 radical (unpaired) electrons. The molecule has 0 unspecified atom stereocenters. The average Bonchev–Trinajstić information content (AvgIpc) is 3.24. The summed E-state index contributed by atoms with van der Waals surface area (Å²) in [6, 6.07) is 0. The van der Waals surface area contributed by atoms with E-state index in [0.29, 0.717) is 16.9 Å². The van der Waals surface area contributed by atoms with Gasteiger partial charge in [-0.1, -0.05) is 51.7 Å². The second-order valence-corrected chi connectivity index (χ2v) is 13.9. The number of hydrogen-bond acceptors (Lipinski definition) is 2. The van der Waals surface area contributed by atoms with Gasteiger partial charge in [0.05, 0.1) is 17.3 Å². The maximum Gasteiger partial charge on any atom is 0.0957 e. The van der Waals surface area contributed by atoms with Gasteiger partial charge in [-0.25, -0.2) is 0 Å². The molecule has 1 aliphatic heterocycles. The summed E-state index contributed by atoms with van der Waals surface area (Å²) in [6.07, 6.45) is 20.7. The SMILES string of the molecule is C=C1C[C@]2(CC[C@@H](CCC3(O)CCCCC3)C2)[C@@H]2O[C@@]23CCC[C@@H](C3)[C@@H]2[C@@H]1CC2(C)C. The molecule has 1 N–H and O–H groups in total. The highest BCUT2D eigenvalue weighted by Gasteiger charge is 2.69. The fraction of sp³-hybridized carbons (Fsp3) is 0.931. The van der Waals surface area contributed by atoms with Gasteiger partial charge in [0.15, 0.2) is 0 Å². The van der Waals surface area contributed by atoms with E-state index in [1.165, 1.54) is 83.5 Å². The average molecular weight is 427 g/mol. The number of allylic oxidation sites excluding steroid dienone is 1. The van der Waals surface area contributed by atoms with Crippen molar-refractivity contribution < 1.29 is 9.84 Å². The van der Waals surface area contributed by atoms with Crippen molar-refractivity contribution in [2.75, 3.05) is 0 Å². The molecule has 6 rings (SSSR count). The summed E-state index contributed by atoms with van der Waals surface area (Å²) in [5.41, 5.74) is 2.29. The highest BCUT2D eigenvalue weighted by Crippen LogP contribution is 2.70. The maximum absolute atomic E-state index is 11.1. The molecule has 0 aromatic carbocycles. The fourth-order valence-corrected chi connectivity index (χ4v) is 9.95. The van der Waals surface area contributed by atoms with Crippen molar-refractivity contribution in [1.29, 1.82) is 0 Å². The minimum absolute atomic E-state index is 0.222. The van der Waals surface area contributed by atoms with Gasteiger partial charge in [0, 0.05) is 5.41 Å². The Balaban J connectivity index is 1.20. The number of epoxide rings is 1. The van der Waals surface area contributed by atoms with Gasteiger partial charge in [0.2, 0.25) is 0 Å². The molecule has 1 saturated heterocycles. The molecule has 6 aliphatic rings. The van der Waals surface area contributed by atoms with Crippen LogP contribution in [0, 0.1) is 34.5 Å². The first-order valence-corrected chi connectivity index (χ1v) is 13.8. The number of hydrogen-bond donors (Lipinski definition) is 1. The monoisotopic (exact) mass is 426 g/mol. The smallest absolute Gasteiger partial charge is 0.0957 e. The predicted octanol–water partition coefficient (Wildman–Crippen LogP) is 7.20. The third-order valence-corrected chi connectivity index (χ3v) is 11.4. The van der Waals surface area contributed by atoms with E-state index in [-0.39, 0.29) is 11.2 Å². The molecule has 2 nitrogen and oxygen atoms in total. The van der Waals surface area contributed by atoms with Crippen LogP contribution in [-0.2, 0) is 4.74 Å². The van der Waals surface area contributed by atoms with Crippen molar-refractivity contribution in [3.05, 3.63) is 12.2 Å². The molecular weight excluding hydrogens is 380 g/mol. The van der Waals surface area contributed by atoms with Crippen molar-refractivity contribution >= 4 is 0 Å². The Morgan fingerprint density at radius 2 is 1.77 bits per heavy atom. The Hall–Kier alpha value is -0.340. The van der Waals surface area contributed by atoms with E-state index in [1.807, 2.05) is 0 Å². The Morgan fingerprint density at radius 3 is 2.55 bits per heavy atom. The van der Waals surface area contributed by atoms with E-state index in [0.717, 1.165) is 42.9 Å². The van der Waals surface area contributed by atoms with E-state index in [4.69, 9.17) is 11.3 Å². The van der Waals surface area contributed by atoms with Crippen LogP contribution in [0.15, 0.2) is 12.2 Å². The van der Waals surface area contributed by atoms with E-state index < -0.39 is 0 Å². The minimum Gasteiger partial charge on any atom is -0.390 e. The largest absolute Gasteiger partial charge is 0.390 e. The van der Waals surface area contributed by atoms with Crippen LogP contribution in [0.5, 0.6) is 0 Å². The number of ether oxygens (including phenoxy) is 1. The first-order valence-electron chi connectivity index (χ1n) is 13.8. The molecule has 0 amide bonds. The van der Waals surface area contributed by atoms with Crippen LogP contribution in [0.2, 0.25) is 0 Å². The zero-order chi connectivity index (χ0) is 21.5. The summed E-state index contributed by atoms with van der Waals surface area (Å²) in [4.78, 5) is 0. The van der Waals surface area contributed by atoms with Crippen LogP contribution in [0.25, 0.3) is 0 Å². The first kappa shape index (κ1) is 21.2.